The van der Waals surface area contributed by atoms with Crippen molar-refractivity contribution in [3.63, 3.8) is 0 Å². The number of amides is 1. The molecule has 0 aliphatic heterocycles. The third kappa shape index (κ3) is 3.35. The Kier molecular flexibility index (Phi) is 4.59. The molecule has 4 rings (SSSR count). The average Bonchev–Trinajstić information content (AvgIpc) is 3.15. The summed E-state index contributed by atoms with van der Waals surface area (Å²) < 4.78 is 0.876. The van der Waals surface area contributed by atoms with Gasteiger partial charge in [0.1, 0.15) is 12.1 Å². The van der Waals surface area contributed by atoms with Gasteiger partial charge < -0.3 is 15.3 Å². The maximum absolute atomic E-state index is 12.7. The van der Waals surface area contributed by atoms with Crippen molar-refractivity contribution in [1.82, 2.24) is 24.8 Å². The van der Waals surface area contributed by atoms with Gasteiger partial charge in [0.15, 0.2) is 0 Å². The van der Waals surface area contributed by atoms with E-state index in [-0.39, 0.29) is 18.6 Å². The van der Waals surface area contributed by atoms with Crippen LogP contribution in [0.2, 0.25) is 0 Å². The monoisotopic (exact) mass is 375 g/mol. The number of carbonyl (C=O) groups excluding carboxylic acids is 1. The van der Waals surface area contributed by atoms with Crippen LogP contribution in [0, 0.1) is 0 Å². The van der Waals surface area contributed by atoms with E-state index in [1.54, 1.807) is 24.5 Å². The number of nitrogens with one attached hydrogen (secondary N) is 3. The largest absolute Gasteiger partial charge is 0.355 e. The molecule has 1 amide bonds. The number of fused-ring (bicyclic) bond motifs is 1. The number of hydrogen-bond donors (Lipinski definition) is 3. The molecule has 0 unspecified atom stereocenters. The molecule has 140 valence electrons. The molecule has 28 heavy (non-hydrogen) atoms. The molecule has 3 N–H and O–H groups in total. The Bertz CT molecular complexity index is 1240. The third-order valence-corrected chi connectivity index (χ3v) is 4.40. The summed E-state index contributed by atoms with van der Waals surface area (Å²) in [5.41, 5.74) is 1.76. The van der Waals surface area contributed by atoms with Gasteiger partial charge in [-0.25, -0.2) is 9.36 Å². The van der Waals surface area contributed by atoms with Crippen LogP contribution in [0.1, 0.15) is 5.69 Å². The molecule has 0 aliphatic carbocycles. The summed E-state index contributed by atoms with van der Waals surface area (Å²) in [6.45, 7) is -0.161. The zero-order valence-electron chi connectivity index (χ0n) is 14.8. The minimum Gasteiger partial charge on any atom is -0.355 e. The number of benzene rings is 1. The maximum Gasteiger partial charge on any atom is 0.329 e. The van der Waals surface area contributed by atoms with Crippen molar-refractivity contribution in [2.45, 2.75) is 13.1 Å². The fraction of sp³-hybridized carbons (Fsp3) is 0.100. The molecule has 4 aromatic rings. The molecule has 1 aromatic carbocycles. The van der Waals surface area contributed by atoms with Gasteiger partial charge in [-0.2, -0.15) is 0 Å². The Morgan fingerprint density at radius 3 is 2.57 bits per heavy atom. The first-order valence-corrected chi connectivity index (χ1v) is 8.69. The predicted octanol–water partition coefficient (Wildman–Crippen LogP) is 1.40. The van der Waals surface area contributed by atoms with Gasteiger partial charge in [-0.15, -0.1) is 0 Å². The summed E-state index contributed by atoms with van der Waals surface area (Å²) in [6.07, 6.45) is 3.29. The van der Waals surface area contributed by atoms with Crippen molar-refractivity contribution in [3.05, 3.63) is 87.5 Å². The van der Waals surface area contributed by atoms with E-state index in [4.69, 9.17) is 0 Å². The van der Waals surface area contributed by atoms with E-state index in [9.17, 15) is 14.4 Å². The molecule has 3 heterocycles. The molecular weight excluding hydrogens is 358 g/mol. The lowest BCUT2D eigenvalue weighted by atomic mass is 10.1. The van der Waals surface area contributed by atoms with Crippen LogP contribution in [-0.4, -0.2) is 25.4 Å². The number of hydrogen-bond acceptors (Lipinski definition) is 4. The van der Waals surface area contributed by atoms with E-state index in [1.165, 1.54) is 0 Å². The van der Waals surface area contributed by atoms with Crippen LogP contribution in [0.25, 0.3) is 22.2 Å². The lowest BCUT2D eigenvalue weighted by Crippen LogP contribution is -2.40. The van der Waals surface area contributed by atoms with Gasteiger partial charge in [0.2, 0.25) is 5.91 Å². The molecule has 8 heteroatoms. The number of H-pyrrole nitrogens is 2. The van der Waals surface area contributed by atoms with Crippen LogP contribution in [0.15, 0.2) is 70.5 Å². The van der Waals surface area contributed by atoms with Crippen molar-refractivity contribution < 1.29 is 4.79 Å². The van der Waals surface area contributed by atoms with Gasteiger partial charge in [0, 0.05) is 18.0 Å². The summed E-state index contributed by atoms with van der Waals surface area (Å²) in [7, 11) is 0. The Balaban J connectivity index is 1.61. The van der Waals surface area contributed by atoms with Crippen molar-refractivity contribution in [1.29, 1.82) is 0 Å². The Morgan fingerprint density at radius 1 is 1.04 bits per heavy atom. The van der Waals surface area contributed by atoms with Crippen LogP contribution in [0.4, 0.5) is 0 Å². The van der Waals surface area contributed by atoms with E-state index in [0.29, 0.717) is 11.2 Å². The fourth-order valence-corrected chi connectivity index (χ4v) is 3.00. The zero-order chi connectivity index (χ0) is 19.5. The second-order valence-electron chi connectivity index (χ2n) is 6.24. The van der Waals surface area contributed by atoms with Crippen molar-refractivity contribution in [3.8, 4) is 11.1 Å². The second-order valence-corrected chi connectivity index (χ2v) is 6.24. The van der Waals surface area contributed by atoms with Crippen LogP contribution in [-0.2, 0) is 17.9 Å². The first kappa shape index (κ1) is 17.5. The van der Waals surface area contributed by atoms with Crippen LogP contribution >= 0.6 is 0 Å². The molecule has 0 atom stereocenters. The van der Waals surface area contributed by atoms with E-state index in [0.717, 1.165) is 15.7 Å². The van der Waals surface area contributed by atoms with Crippen LogP contribution < -0.4 is 16.6 Å². The SMILES string of the molecule is O=C(Cn1c(=O)[nH]c2c(-c3ccccc3)c[nH]c2c1=O)NCc1ccccn1. The van der Waals surface area contributed by atoms with E-state index in [1.807, 2.05) is 36.4 Å². The molecule has 8 nitrogen and oxygen atoms in total. The summed E-state index contributed by atoms with van der Waals surface area (Å²) in [6, 6.07) is 14.8. The molecule has 0 bridgehead atoms. The molecule has 0 saturated carbocycles. The van der Waals surface area contributed by atoms with Crippen LogP contribution in [0.3, 0.4) is 0 Å². The summed E-state index contributed by atoms with van der Waals surface area (Å²) in [5, 5.41) is 2.66. The highest BCUT2D eigenvalue weighted by molar-refractivity contribution is 5.91. The predicted molar refractivity (Wildman–Crippen MR) is 105 cm³/mol. The molecule has 0 saturated heterocycles. The Labute approximate surface area is 158 Å². The number of rotatable bonds is 5. The number of pyridine rings is 1. The van der Waals surface area contributed by atoms with Crippen molar-refractivity contribution >= 4 is 16.9 Å². The fourth-order valence-electron chi connectivity index (χ4n) is 3.00. The average molecular weight is 375 g/mol. The lowest BCUT2D eigenvalue weighted by Gasteiger charge is -2.07. The second kappa shape index (κ2) is 7.36. The molecule has 0 radical (unpaired) electrons. The van der Waals surface area contributed by atoms with Gasteiger partial charge in [0.05, 0.1) is 17.8 Å². The van der Waals surface area contributed by atoms with Gasteiger partial charge in [0.25, 0.3) is 5.56 Å². The normalized spacial score (nSPS) is 10.9. The number of nitrogens with zero attached hydrogens (tertiary/aromatic N) is 2. The van der Waals surface area contributed by atoms with Crippen molar-refractivity contribution in [2.75, 3.05) is 0 Å². The topological polar surface area (TPSA) is 113 Å². The summed E-state index contributed by atoms with van der Waals surface area (Å²) in [5.74, 6) is -0.451. The Morgan fingerprint density at radius 2 is 1.82 bits per heavy atom. The molecule has 0 aliphatic rings. The molecule has 0 fully saturated rings. The zero-order valence-corrected chi connectivity index (χ0v) is 14.8. The van der Waals surface area contributed by atoms with E-state index in [2.05, 4.69) is 20.3 Å². The highest BCUT2D eigenvalue weighted by Gasteiger charge is 2.15. The van der Waals surface area contributed by atoms with E-state index < -0.39 is 17.2 Å². The van der Waals surface area contributed by atoms with Crippen molar-refractivity contribution in [2.24, 2.45) is 0 Å². The summed E-state index contributed by atoms with van der Waals surface area (Å²) >= 11 is 0. The number of aromatic amines is 2. The van der Waals surface area contributed by atoms with Gasteiger partial charge in [-0.3, -0.25) is 14.6 Å². The molecule has 3 aromatic heterocycles. The van der Waals surface area contributed by atoms with Gasteiger partial charge >= 0.3 is 5.69 Å². The Hall–Kier alpha value is -3.94. The molecule has 0 spiro atoms. The van der Waals surface area contributed by atoms with Gasteiger partial charge in [-0.1, -0.05) is 36.4 Å². The third-order valence-electron chi connectivity index (χ3n) is 4.40. The standard InChI is InChI=1S/C20H17N5O3/c26-16(22-10-14-8-4-5-9-21-14)12-25-19(27)18-17(24-20(25)28)15(11-23-18)13-6-2-1-3-7-13/h1-9,11,23H,10,12H2,(H,22,26)(H,24,28). The summed E-state index contributed by atoms with van der Waals surface area (Å²) in [4.78, 5) is 47.1. The smallest absolute Gasteiger partial charge is 0.329 e. The van der Waals surface area contributed by atoms with Gasteiger partial charge in [-0.05, 0) is 17.7 Å². The van der Waals surface area contributed by atoms with Crippen LogP contribution in [0.5, 0.6) is 0 Å². The first-order chi connectivity index (χ1) is 13.6. The maximum atomic E-state index is 12.7. The number of carbonyl (C=O) groups is 1. The van der Waals surface area contributed by atoms with E-state index >= 15 is 0 Å². The minimum atomic E-state index is -0.637. The minimum absolute atomic E-state index is 0.217. The highest BCUT2D eigenvalue weighted by Crippen LogP contribution is 2.24. The lowest BCUT2D eigenvalue weighted by molar-refractivity contribution is -0.121. The molecular formula is C20H17N5O3. The number of aromatic nitrogens is 4. The first-order valence-electron chi connectivity index (χ1n) is 8.69. The quantitative estimate of drug-likeness (QED) is 0.489. The highest BCUT2D eigenvalue weighted by atomic mass is 16.2.